The van der Waals surface area contributed by atoms with Crippen molar-refractivity contribution >= 4 is 17.8 Å². The van der Waals surface area contributed by atoms with Gasteiger partial charge in [0.2, 0.25) is 0 Å². The van der Waals surface area contributed by atoms with E-state index in [2.05, 4.69) is 9.97 Å². The maximum atomic E-state index is 10.9. The fourth-order valence-corrected chi connectivity index (χ4v) is 1.75. The van der Waals surface area contributed by atoms with Crippen LogP contribution in [0.1, 0.15) is 16.8 Å². The Morgan fingerprint density at radius 3 is 2.33 bits per heavy atom. The van der Waals surface area contributed by atoms with Gasteiger partial charge in [-0.25, -0.2) is 0 Å². The molecule has 5 heteroatoms. The second-order valence-corrected chi connectivity index (χ2v) is 4.34. The topological polar surface area (TPSA) is 63.2 Å². The molecule has 21 heavy (non-hydrogen) atoms. The number of pyridine rings is 2. The highest BCUT2D eigenvalue weighted by Crippen LogP contribution is 2.15. The zero-order chi connectivity index (χ0) is 14.9. The number of anilines is 1. The third-order valence-corrected chi connectivity index (χ3v) is 2.84. The number of aldehydes is 1. The van der Waals surface area contributed by atoms with Gasteiger partial charge in [-0.2, -0.15) is 0 Å². The highest BCUT2D eigenvalue weighted by atomic mass is 16.1. The van der Waals surface area contributed by atoms with Gasteiger partial charge in [0.1, 0.15) is 0 Å². The van der Waals surface area contributed by atoms with E-state index >= 15 is 0 Å². The van der Waals surface area contributed by atoms with E-state index in [-0.39, 0.29) is 5.78 Å². The Bertz CT molecular complexity index is 612. The van der Waals surface area contributed by atoms with Gasteiger partial charge >= 0.3 is 0 Å². The van der Waals surface area contributed by atoms with Crippen LogP contribution in [0.3, 0.4) is 0 Å². The van der Waals surface area contributed by atoms with Crippen LogP contribution in [0.25, 0.3) is 0 Å². The molecule has 3 rings (SSSR count). The Kier molecular flexibility index (Phi) is 5.34. The number of rotatable bonds is 2. The van der Waals surface area contributed by atoms with Gasteiger partial charge in [-0.05, 0) is 30.3 Å². The van der Waals surface area contributed by atoms with E-state index in [0.717, 1.165) is 18.5 Å². The average Bonchev–Trinajstić information content (AvgIpc) is 2.58. The third kappa shape index (κ3) is 4.65. The summed E-state index contributed by atoms with van der Waals surface area (Å²) in [6.45, 7) is 0.751. The van der Waals surface area contributed by atoms with Gasteiger partial charge in [0, 0.05) is 43.3 Å². The minimum atomic E-state index is 0.195. The van der Waals surface area contributed by atoms with Crippen LogP contribution in [-0.4, -0.2) is 28.6 Å². The zero-order valence-corrected chi connectivity index (χ0v) is 11.4. The summed E-state index contributed by atoms with van der Waals surface area (Å²) in [5.74, 6) is 0.195. The van der Waals surface area contributed by atoms with Crippen molar-refractivity contribution < 1.29 is 9.59 Å². The van der Waals surface area contributed by atoms with E-state index in [1.54, 1.807) is 36.8 Å². The van der Waals surface area contributed by atoms with Crippen LogP contribution in [0, 0.1) is 0 Å². The molecule has 0 aliphatic carbocycles. The standard InChI is InChI=1S/C10H10N2O.C6H5NO/c13-10-3-6-12(7-4-10)9-2-1-5-11-8-9;8-5-6-2-1-3-7-4-6/h1-3,5-6,8H,4,7H2;1-5H. The maximum Gasteiger partial charge on any atom is 0.158 e. The van der Waals surface area contributed by atoms with Crippen molar-refractivity contribution in [2.24, 2.45) is 0 Å². The largest absolute Gasteiger partial charge is 0.346 e. The highest BCUT2D eigenvalue weighted by molar-refractivity contribution is 5.91. The van der Waals surface area contributed by atoms with Gasteiger partial charge in [0.15, 0.2) is 12.1 Å². The number of carbonyl (C=O) groups excluding carboxylic acids is 2. The maximum absolute atomic E-state index is 10.9. The SMILES string of the molecule is O=C1C=CN(c2cccnc2)CC1.O=Cc1cccnc1. The first-order valence-electron chi connectivity index (χ1n) is 6.52. The number of allylic oxidation sites excluding steroid dienone is 1. The minimum absolute atomic E-state index is 0.195. The van der Waals surface area contributed by atoms with Gasteiger partial charge in [-0.1, -0.05) is 0 Å². The number of ketones is 1. The first-order valence-corrected chi connectivity index (χ1v) is 6.52. The summed E-state index contributed by atoms with van der Waals surface area (Å²) < 4.78 is 0. The summed E-state index contributed by atoms with van der Waals surface area (Å²) in [4.78, 5) is 30.6. The second-order valence-electron chi connectivity index (χ2n) is 4.34. The summed E-state index contributed by atoms with van der Waals surface area (Å²) in [5, 5.41) is 0. The predicted octanol–water partition coefficient (Wildman–Crippen LogP) is 2.27. The normalized spacial score (nSPS) is 13.3. The molecule has 0 spiro atoms. The predicted molar refractivity (Wildman–Crippen MR) is 80.0 cm³/mol. The van der Waals surface area contributed by atoms with Crippen LogP contribution < -0.4 is 4.90 Å². The van der Waals surface area contributed by atoms with Crippen LogP contribution in [0.4, 0.5) is 5.69 Å². The van der Waals surface area contributed by atoms with Crippen molar-refractivity contribution in [1.82, 2.24) is 9.97 Å². The third-order valence-electron chi connectivity index (χ3n) is 2.84. The number of aromatic nitrogens is 2. The molecule has 106 valence electrons. The molecule has 0 saturated carbocycles. The lowest BCUT2D eigenvalue weighted by atomic mass is 10.2. The molecule has 3 heterocycles. The Hall–Kier alpha value is -2.82. The molecule has 1 aliphatic rings. The average molecular weight is 281 g/mol. The Balaban J connectivity index is 0.000000173. The first-order chi connectivity index (χ1) is 10.3. The van der Waals surface area contributed by atoms with Crippen molar-refractivity contribution in [1.29, 1.82) is 0 Å². The lowest BCUT2D eigenvalue weighted by Gasteiger charge is -2.22. The van der Waals surface area contributed by atoms with Crippen LogP contribution in [0.15, 0.2) is 61.3 Å². The van der Waals surface area contributed by atoms with Crippen molar-refractivity contribution in [2.45, 2.75) is 6.42 Å². The smallest absolute Gasteiger partial charge is 0.158 e. The van der Waals surface area contributed by atoms with E-state index in [1.165, 1.54) is 6.20 Å². The molecule has 2 aromatic heterocycles. The molecule has 5 nitrogen and oxygen atoms in total. The number of carbonyl (C=O) groups is 2. The minimum Gasteiger partial charge on any atom is -0.346 e. The molecule has 1 aliphatic heterocycles. The molecule has 2 aromatic rings. The lowest BCUT2D eigenvalue weighted by Crippen LogP contribution is -2.23. The van der Waals surface area contributed by atoms with Crippen LogP contribution in [0.5, 0.6) is 0 Å². The van der Waals surface area contributed by atoms with Crippen LogP contribution in [-0.2, 0) is 4.79 Å². The van der Waals surface area contributed by atoms with E-state index in [1.807, 2.05) is 23.2 Å². The zero-order valence-electron chi connectivity index (χ0n) is 11.4. The van der Waals surface area contributed by atoms with Crippen molar-refractivity contribution in [3.05, 3.63) is 66.9 Å². The molecule has 0 amide bonds. The van der Waals surface area contributed by atoms with Crippen molar-refractivity contribution in [3.8, 4) is 0 Å². The highest BCUT2D eigenvalue weighted by Gasteiger charge is 2.10. The Labute approximate surface area is 123 Å². The fraction of sp³-hybridized carbons (Fsp3) is 0.125. The number of hydrogen-bond acceptors (Lipinski definition) is 5. The van der Waals surface area contributed by atoms with Gasteiger partial charge in [0.25, 0.3) is 0 Å². The van der Waals surface area contributed by atoms with E-state index < -0.39 is 0 Å². The van der Waals surface area contributed by atoms with Gasteiger partial charge in [-0.15, -0.1) is 0 Å². The molecule has 0 fully saturated rings. The molecule has 0 bridgehead atoms. The summed E-state index contributed by atoms with van der Waals surface area (Å²) in [6.07, 6.45) is 11.5. The summed E-state index contributed by atoms with van der Waals surface area (Å²) in [6, 6.07) is 7.30. The molecule has 0 aromatic carbocycles. The molecule has 0 radical (unpaired) electrons. The van der Waals surface area contributed by atoms with Gasteiger partial charge < -0.3 is 4.90 Å². The van der Waals surface area contributed by atoms with Crippen LogP contribution >= 0.6 is 0 Å². The Morgan fingerprint density at radius 2 is 1.86 bits per heavy atom. The Morgan fingerprint density at radius 1 is 1.10 bits per heavy atom. The summed E-state index contributed by atoms with van der Waals surface area (Å²) in [7, 11) is 0. The van der Waals surface area contributed by atoms with E-state index in [0.29, 0.717) is 12.0 Å². The van der Waals surface area contributed by atoms with E-state index in [9.17, 15) is 9.59 Å². The molecule has 0 atom stereocenters. The molecular weight excluding hydrogens is 266 g/mol. The number of nitrogens with zero attached hydrogens (tertiary/aromatic N) is 3. The van der Waals surface area contributed by atoms with E-state index in [4.69, 9.17) is 0 Å². The number of hydrogen-bond donors (Lipinski definition) is 0. The molecular formula is C16H15N3O2. The molecule has 0 N–H and O–H groups in total. The monoisotopic (exact) mass is 281 g/mol. The molecule has 0 saturated heterocycles. The summed E-state index contributed by atoms with van der Waals surface area (Å²) >= 11 is 0. The molecule has 0 unspecified atom stereocenters. The first kappa shape index (κ1) is 14.6. The van der Waals surface area contributed by atoms with Gasteiger partial charge in [-0.3, -0.25) is 19.6 Å². The lowest BCUT2D eigenvalue weighted by molar-refractivity contribution is -0.114. The van der Waals surface area contributed by atoms with Gasteiger partial charge in [0.05, 0.1) is 11.9 Å². The van der Waals surface area contributed by atoms with Crippen molar-refractivity contribution in [2.75, 3.05) is 11.4 Å². The van der Waals surface area contributed by atoms with Crippen molar-refractivity contribution in [3.63, 3.8) is 0 Å². The van der Waals surface area contributed by atoms with Crippen LogP contribution in [0.2, 0.25) is 0 Å². The quantitative estimate of drug-likeness (QED) is 0.790. The fourth-order valence-electron chi connectivity index (χ4n) is 1.75. The summed E-state index contributed by atoms with van der Waals surface area (Å²) in [5.41, 5.74) is 1.65. The second kappa shape index (κ2) is 7.69.